The van der Waals surface area contributed by atoms with Crippen LogP contribution in [0.5, 0.6) is 0 Å². The zero-order chi connectivity index (χ0) is 16.3. The van der Waals surface area contributed by atoms with Crippen LogP contribution < -0.4 is 0 Å². The summed E-state index contributed by atoms with van der Waals surface area (Å²) in [6.45, 7) is 1.82. The molecule has 6 heteroatoms. The summed E-state index contributed by atoms with van der Waals surface area (Å²) in [5, 5.41) is 4.80. The Morgan fingerprint density at radius 2 is 2.14 bits per heavy atom. The molecule has 0 amide bonds. The average molecular weight is 322 g/mol. The van der Waals surface area contributed by atoms with Gasteiger partial charge in [-0.3, -0.25) is 4.79 Å². The van der Waals surface area contributed by atoms with Gasteiger partial charge in [0.1, 0.15) is 11.5 Å². The number of hydrogen-bond acceptors (Lipinski definition) is 3. The van der Waals surface area contributed by atoms with E-state index in [1.807, 2.05) is 25.9 Å². The van der Waals surface area contributed by atoms with Crippen molar-refractivity contribution in [3.8, 4) is 0 Å². The SMILES string of the molecule is Cc1nn(/C=C\N(C)C)c(C=O)c1Cc1cc(F)ccc1Cl. The van der Waals surface area contributed by atoms with Crippen LogP contribution in [0, 0.1) is 12.7 Å². The minimum absolute atomic E-state index is 0.353. The second-order valence-corrected chi connectivity index (χ2v) is 5.59. The van der Waals surface area contributed by atoms with Crippen LogP contribution in [-0.4, -0.2) is 35.1 Å². The average Bonchev–Trinajstić information content (AvgIpc) is 2.76. The Labute approximate surface area is 133 Å². The summed E-state index contributed by atoms with van der Waals surface area (Å²) in [4.78, 5) is 13.3. The molecule has 1 aromatic carbocycles. The number of carbonyl (C=O) groups excluding carboxylic acids is 1. The third-order valence-electron chi connectivity index (χ3n) is 3.24. The molecule has 2 aromatic rings. The molecule has 0 aliphatic rings. The number of benzene rings is 1. The Bertz CT molecular complexity index is 722. The lowest BCUT2D eigenvalue weighted by Crippen LogP contribution is -2.04. The van der Waals surface area contributed by atoms with Gasteiger partial charge in [-0.05, 0) is 30.7 Å². The lowest BCUT2D eigenvalue weighted by molar-refractivity contribution is 0.111. The first-order valence-electron chi connectivity index (χ1n) is 6.74. The van der Waals surface area contributed by atoms with E-state index in [1.165, 1.54) is 22.9 Å². The summed E-state index contributed by atoms with van der Waals surface area (Å²) in [6.07, 6.45) is 4.60. The highest BCUT2D eigenvalue weighted by atomic mass is 35.5. The molecule has 0 saturated heterocycles. The number of carbonyl (C=O) groups is 1. The van der Waals surface area contributed by atoms with E-state index >= 15 is 0 Å². The highest BCUT2D eigenvalue weighted by Gasteiger charge is 2.15. The molecule has 0 N–H and O–H groups in total. The maximum Gasteiger partial charge on any atom is 0.168 e. The molecule has 0 aliphatic carbocycles. The van der Waals surface area contributed by atoms with Gasteiger partial charge in [0.15, 0.2) is 6.29 Å². The Kier molecular flexibility index (Phi) is 4.98. The van der Waals surface area contributed by atoms with Crippen molar-refractivity contribution in [1.82, 2.24) is 14.7 Å². The first-order chi connectivity index (χ1) is 10.4. The lowest BCUT2D eigenvalue weighted by Gasteiger charge is -2.06. The predicted octanol–water partition coefficient (Wildman–Crippen LogP) is 3.38. The second-order valence-electron chi connectivity index (χ2n) is 5.19. The van der Waals surface area contributed by atoms with E-state index in [9.17, 15) is 9.18 Å². The molecule has 0 saturated carbocycles. The molecule has 0 radical (unpaired) electrons. The van der Waals surface area contributed by atoms with Crippen LogP contribution in [-0.2, 0) is 6.42 Å². The smallest absolute Gasteiger partial charge is 0.168 e. The van der Waals surface area contributed by atoms with E-state index in [4.69, 9.17) is 11.6 Å². The van der Waals surface area contributed by atoms with Crippen LogP contribution in [0.2, 0.25) is 5.02 Å². The van der Waals surface area contributed by atoms with E-state index < -0.39 is 0 Å². The molecule has 0 atom stereocenters. The van der Waals surface area contributed by atoms with Gasteiger partial charge in [0.2, 0.25) is 0 Å². The first-order valence-corrected chi connectivity index (χ1v) is 7.12. The highest BCUT2D eigenvalue weighted by Crippen LogP contribution is 2.23. The van der Waals surface area contributed by atoms with Gasteiger partial charge in [0.05, 0.1) is 5.69 Å². The third-order valence-corrected chi connectivity index (χ3v) is 3.61. The van der Waals surface area contributed by atoms with Crippen molar-refractivity contribution >= 4 is 24.1 Å². The van der Waals surface area contributed by atoms with E-state index in [0.29, 0.717) is 28.4 Å². The molecule has 0 unspecified atom stereocenters. The highest BCUT2D eigenvalue weighted by molar-refractivity contribution is 6.31. The van der Waals surface area contributed by atoms with E-state index in [-0.39, 0.29) is 5.82 Å². The van der Waals surface area contributed by atoms with E-state index in [1.54, 1.807) is 12.4 Å². The van der Waals surface area contributed by atoms with Gasteiger partial charge in [-0.25, -0.2) is 9.07 Å². The van der Waals surface area contributed by atoms with Gasteiger partial charge < -0.3 is 4.90 Å². The Morgan fingerprint density at radius 3 is 2.77 bits per heavy atom. The molecule has 0 aliphatic heterocycles. The topological polar surface area (TPSA) is 38.1 Å². The van der Waals surface area contributed by atoms with Crippen LogP contribution in [0.3, 0.4) is 0 Å². The van der Waals surface area contributed by atoms with Crippen molar-refractivity contribution < 1.29 is 9.18 Å². The van der Waals surface area contributed by atoms with Gasteiger partial charge in [0, 0.05) is 43.5 Å². The molecular weight excluding hydrogens is 305 g/mol. The number of rotatable bonds is 5. The van der Waals surface area contributed by atoms with Crippen molar-refractivity contribution in [3.63, 3.8) is 0 Å². The summed E-state index contributed by atoms with van der Waals surface area (Å²) >= 11 is 6.10. The quantitative estimate of drug-likeness (QED) is 0.792. The Balaban J connectivity index is 2.43. The van der Waals surface area contributed by atoms with Gasteiger partial charge in [-0.1, -0.05) is 11.6 Å². The number of hydrogen-bond donors (Lipinski definition) is 0. The number of aldehydes is 1. The zero-order valence-electron chi connectivity index (χ0n) is 12.7. The largest absolute Gasteiger partial charge is 0.382 e. The summed E-state index contributed by atoms with van der Waals surface area (Å²) < 4.78 is 14.9. The van der Waals surface area contributed by atoms with Crippen molar-refractivity contribution in [2.75, 3.05) is 14.1 Å². The van der Waals surface area contributed by atoms with Gasteiger partial charge >= 0.3 is 0 Å². The number of aromatic nitrogens is 2. The van der Waals surface area contributed by atoms with E-state index in [0.717, 1.165) is 11.8 Å². The van der Waals surface area contributed by atoms with Gasteiger partial charge in [0.25, 0.3) is 0 Å². The number of halogens is 2. The molecule has 22 heavy (non-hydrogen) atoms. The maximum atomic E-state index is 13.4. The fourth-order valence-corrected chi connectivity index (χ4v) is 2.31. The standard InChI is InChI=1S/C16H17ClFN3O/c1-11-14(9-12-8-13(18)4-5-15(12)17)16(10-22)21(19-11)7-6-20(2)3/h4-8,10H,9H2,1-3H3/b7-6-. The normalized spacial score (nSPS) is 11.1. The minimum Gasteiger partial charge on any atom is -0.382 e. The second kappa shape index (κ2) is 6.75. The summed E-state index contributed by atoms with van der Waals surface area (Å²) in [5.41, 5.74) is 2.52. The molecule has 2 rings (SSSR count). The third kappa shape index (κ3) is 3.54. The van der Waals surface area contributed by atoms with Crippen molar-refractivity contribution in [2.45, 2.75) is 13.3 Å². The summed E-state index contributed by atoms with van der Waals surface area (Å²) in [7, 11) is 3.75. The van der Waals surface area contributed by atoms with Gasteiger partial charge in [-0.2, -0.15) is 5.10 Å². The van der Waals surface area contributed by atoms with Crippen LogP contribution in [0.1, 0.15) is 27.3 Å². The van der Waals surface area contributed by atoms with Gasteiger partial charge in [-0.15, -0.1) is 0 Å². The van der Waals surface area contributed by atoms with Crippen LogP contribution in [0.4, 0.5) is 4.39 Å². The molecule has 0 spiro atoms. The van der Waals surface area contributed by atoms with Crippen LogP contribution >= 0.6 is 11.6 Å². The molecular formula is C16H17ClFN3O. The fraction of sp³-hybridized carbons (Fsp3) is 0.250. The molecule has 0 bridgehead atoms. The maximum absolute atomic E-state index is 13.4. The summed E-state index contributed by atoms with van der Waals surface area (Å²) in [6, 6.07) is 4.20. The predicted molar refractivity (Wildman–Crippen MR) is 85.6 cm³/mol. The lowest BCUT2D eigenvalue weighted by atomic mass is 10.0. The number of nitrogens with zero attached hydrogens (tertiary/aromatic N) is 3. The fourth-order valence-electron chi connectivity index (χ4n) is 2.12. The minimum atomic E-state index is -0.357. The first kappa shape index (κ1) is 16.2. The summed E-state index contributed by atoms with van der Waals surface area (Å²) in [5.74, 6) is -0.357. The molecule has 4 nitrogen and oxygen atoms in total. The van der Waals surface area contributed by atoms with Crippen LogP contribution in [0.15, 0.2) is 24.4 Å². The Hall–Kier alpha value is -2.14. The monoisotopic (exact) mass is 321 g/mol. The molecule has 0 fully saturated rings. The van der Waals surface area contributed by atoms with Crippen molar-refractivity contribution in [1.29, 1.82) is 0 Å². The molecule has 1 heterocycles. The Morgan fingerprint density at radius 1 is 1.41 bits per heavy atom. The van der Waals surface area contributed by atoms with E-state index in [2.05, 4.69) is 5.10 Å². The van der Waals surface area contributed by atoms with Crippen LogP contribution in [0.25, 0.3) is 6.20 Å². The van der Waals surface area contributed by atoms with Crippen molar-refractivity contribution in [3.05, 3.63) is 57.8 Å². The molecule has 1 aromatic heterocycles. The zero-order valence-corrected chi connectivity index (χ0v) is 13.4. The van der Waals surface area contributed by atoms with Crippen molar-refractivity contribution in [2.24, 2.45) is 0 Å². The number of aryl methyl sites for hydroxylation is 1. The molecule has 116 valence electrons.